The number of oxazole rings is 1. The minimum atomic E-state index is -3.67. The van der Waals surface area contributed by atoms with Crippen LogP contribution in [0.1, 0.15) is 6.42 Å². The van der Waals surface area contributed by atoms with E-state index in [0.717, 1.165) is 13.0 Å². The molecule has 1 aliphatic heterocycles. The number of nitrogens with zero attached hydrogens (tertiary/aromatic N) is 1. The maximum atomic E-state index is 12.1. The summed E-state index contributed by atoms with van der Waals surface area (Å²) in [5.41, 5.74) is 1.02. The molecule has 1 saturated heterocycles. The molecule has 0 bridgehead atoms. The van der Waals surface area contributed by atoms with Gasteiger partial charge in [-0.25, -0.2) is 13.1 Å². The predicted molar refractivity (Wildman–Crippen MR) is 72.9 cm³/mol. The molecular weight excluding hydrogens is 290 g/mol. The highest BCUT2D eigenvalue weighted by Crippen LogP contribution is 2.18. The van der Waals surface area contributed by atoms with Crippen LogP contribution in [0, 0.1) is 0 Å². The normalized spacial score (nSPS) is 19.5. The maximum absolute atomic E-state index is 12.1. The summed E-state index contributed by atoms with van der Waals surface area (Å²) in [7, 11) is -3.67. The molecule has 2 heterocycles. The molecular formula is C11H14ClN3O3S. The smallest absolute Gasteiger partial charge is 0.331 e. The fourth-order valence-corrected chi connectivity index (χ4v) is 3.15. The fraction of sp³-hybridized carbons (Fsp3) is 0.364. The second kappa shape index (κ2) is 5.46. The molecule has 0 amide bonds. The summed E-state index contributed by atoms with van der Waals surface area (Å²) in [6, 6.07) is 6.88. The number of fused-ring (bicyclic) bond motifs is 1. The van der Waals surface area contributed by atoms with Crippen molar-refractivity contribution in [2.45, 2.75) is 17.7 Å². The molecule has 0 radical (unpaired) electrons. The summed E-state index contributed by atoms with van der Waals surface area (Å²) < 4.78 is 32.0. The van der Waals surface area contributed by atoms with Gasteiger partial charge in [0, 0.05) is 12.6 Å². The number of hydrogen-bond acceptors (Lipinski definition) is 5. The molecule has 0 spiro atoms. The van der Waals surface area contributed by atoms with Crippen LogP contribution in [0.2, 0.25) is 0 Å². The van der Waals surface area contributed by atoms with Gasteiger partial charge in [-0.05, 0) is 25.1 Å². The maximum Gasteiger partial charge on any atom is 0.331 e. The van der Waals surface area contributed by atoms with Crippen molar-refractivity contribution in [3.63, 3.8) is 0 Å². The van der Waals surface area contributed by atoms with Gasteiger partial charge in [0.25, 0.3) is 10.0 Å². The number of sulfonamides is 1. The predicted octanol–water partition coefficient (Wildman–Crippen LogP) is 0.890. The number of aromatic nitrogens is 1. The molecule has 0 saturated carbocycles. The zero-order valence-corrected chi connectivity index (χ0v) is 11.6. The van der Waals surface area contributed by atoms with E-state index in [9.17, 15) is 8.42 Å². The van der Waals surface area contributed by atoms with E-state index in [1.807, 2.05) is 0 Å². The first kappa shape index (κ1) is 14.3. The third-order valence-corrected chi connectivity index (χ3v) is 4.16. The molecule has 0 aliphatic carbocycles. The standard InChI is InChI=1S/C11H13N3O3S.ClH/c15-18(16,14-8-5-6-12-7-8)11-13-9-3-1-2-4-10(9)17-11;/h1-4,8,12,14H,5-7H2;1H. The lowest BCUT2D eigenvalue weighted by Crippen LogP contribution is -2.36. The van der Waals surface area contributed by atoms with Crippen LogP contribution in [0.25, 0.3) is 11.1 Å². The molecule has 3 rings (SSSR count). The Morgan fingerprint density at radius 1 is 1.37 bits per heavy atom. The highest BCUT2D eigenvalue weighted by Gasteiger charge is 2.26. The Balaban J connectivity index is 0.00000133. The number of rotatable bonds is 3. The van der Waals surface area contributed by atoms with Crippen LogP contribution in [-0.2, 0) is 10.0 Å². The summed E-state index contributed by atoms with van der Waals surface area (Å²) in [5.74, 6) is 0. The Morgan fingerprint density at radius 3 is 2.84 bits per heavy atom. The average molecular weight is 304 g/mol. The summed E-state index contributed by atoms with van der Waals surface area (Å²) >= 11 is 0. The molecule has 2 N–H and O–H groups in total. The van der Waals surface area contributed by atoms with Gasteiger partial charge in [0.1, 0.15) is 5.52 Å². The van der Waals surface area contributed by atoms with Crippen LogP contribution in [0.3, 0.4) is 0 Å². The Kier molecular flexibility index (Phi) is 4.10. The Labute approximate surface area is 117 Å². The fourth-order valence-electron chi connectivity index (χ4n) is 1.99. The molecule has 1 aromatic carbocycles. The lowest BCUT2D eigenvalue weighted by atomic mass is 10.3. The van der Waals surface area contributed by atoms with Gasteiger partial charge in [-0.2, -0.15) is 4.98 Å². The highest BCUT2D eigenvalue weighted by atomic mass is 35.5. The second-order valence-electron chi connectivity index (χ2n) is 4.26. The van der Waals surface area contributed by atoms with Crippen molar-refractivity contribution in [3.05, 3.63) is 24.3 Å². The average Bonchev–Trinajstić information content (AvgIpc) is 2.96. The van der Waals surface area contributed by atoms with Gasteiger partial charge in [0.05, 0.1) is 0 Å². The summed E-state index contributed by atoms with van der Waals surface area (Å²) in [5, 5.41) is 2.83. The van der Waals surface area contributed by atoms with E-state index in [4.69, 9.17) is 4.42 Å². The minimum Gasteiger partial charge on any atom is -0.427 e. The molecule has 1 fully saturated rings. The van der Waals surface area contributed by atoms with Crippen molar-refractivity contribution in [1.82, 2.24) is 15.0 Å². The van der Waals surface area contributed by atoms with Crippen molar-refractivity contribution in [2.24, 2.45) is 0 Å². The van der Waals surface area contributed by atoms with E-state index in [1.165, 1.54) is 0 Å². The Morgan fingerprint density at radius 2 is 2.16 bits per heavy atom. The van der Waals surface area contributed by atoms with Gasteiger partial charge in [-0.3, -0.25) is 0 Å². The number of halogens is 1. The van der Waals surface area contributed by atoms with E-state index in [-0.39, 0.29) is 23.7 Å². The van der Waals surface area contributed by atoms with E-state index in [1.54, 1.807) is 24.3 Å². The van der Waals surface area contributed by atoms with Crippen molar-refractivity contribution in [1.29, 1.82) is 0 Å². The summed E-state index contributed by atoms with van der Waals surface area (Å²) in [4.78, 5) is 3.99. The molecule has 104 valence electrons. The second-order valence-corrected chi connectivity index (χ2v) is 5.85. The van der Waals surface area contributed by atoms with Crippen LogP contribution in [0.15, 0.2) is 33.9 Å². The van der Waals surface area contributed by atoms with Crippen LogP contribution in [0.5, 0.6) is 0 Å². The first-order chi connectivity index (χ1) is 8.65. The number of nitrogens with one attached hydrogen (secondary N) is 2. The van der Waals surface area contributed by atoms with Crippen molar-refractivity contribution >= 4 is 33.5 Å². The van der Waals surface area contributed by atoms with Crippen LogP contribution < -0.4 is 10.0 Å². The topological polar surface area (TPSA) is 84.2 Å². The molecule has 6 nitrogen and oxygen atoms in total. The largest absolute Gasteiger partial charge is 0.427 e. The zero-order chi connectivity index (χ0) is 12.6. The van der Waals surface area contributed by atoms with E-state index >= 15 is 0 Å². The molecule has 1 aromatic heterocycles. The summed E-state index contributed by atoms with van der Waals surface area (Å²) in [6.07, 6.45) is 0.777. The lowest BCUT2D eigenvalue weighted by Gasteiger charge is -2.08. The monoisotopic (exact) mass is 303 g/mol. The van der Waals surface area contributed by atoms with Gasteiger partial charge in [0.15, 0.2) is 5.58 Å². The quantitative estimate of drug-likeness (QED) is 0.880. The third kappa shape index (κ3) is 2.89. The van der Waals surface area contributed by atoms with Crippen molar-refractivity contribution < 1.29 is 12.8 Å². The zero-order valence-electron chi connectivity index (χ0n) is 10.00. The SMILES string of the molecule is Cl.O=S(=O)(NC1CCNC1)c1nc2ccccc2o1. The van der Waals surface area contributed by atoms with Gasteiger partial charge in [-0.1, -0.05) is 12.1 Å². The van der Waals surface area contributed by atoms with Gasteiger partial charge >= 0.3 is 5.22 Å². The van der Waals surface area contributed by atoms with E-state index in [0.29, 0.717) is 17.6 Å². The van der Waals surface area contributed by atoms with E-state index in [2.05, 4.69) is 15.0 Å². The molecule has 1 aliphatic rings. The molecule has 1 unspecified atom stereocenters. The van der Waals surface area contributed by atoms with Gasteiger partial charge in [0.2, 0.25) is 0 Å². The lowest BCUT2D eigenvalue weighted by molar-refractivity contribution is 0.448. The number of hydrogen-bond donors (Lipinski definition) is 2. The van der Waals surface area contributed by atoms with E-state index < -0.39 is 10.0 Å². The summed E-state index contributed by atoms with van der Waals surface area (Å²) in [6.45, 7) is 1.46. The first-order valence-electron chi connectivity index (χ1n) is 5.74. The van der Waals surface area contributed by atoms with Gasteiger partial charge < -0.3 is 9.73 Å². The van der Waals surface area contributed by atoms with Crippen LogP contribution >= 0.6 is 12.4 Å². The van der Waals surface area contributed by atoms with Crippen molar-refractivity contribution in [3.8, 4) is 0 Å². The van der Waals surface area contributed by atoms with Crippen LogP contribution in [0.4, 0.5) is 0 Å². The molecule has 2 aromatic rings. The molecule has 8 heteroatoms. The van der Waals surface area contributed by atoms with Crippen LogP contribution in [-0.4, -0.2) is 32.5 Å². The number of para-hydroxylation sites is 2. The molecule has 1 atom stereocenters. The first-order valence-corrected chi connectivity index (χ1v) is 7.22. The minimum absolute atomic E-state index is 0. The van der Waals surface area contributed by atoms with Crippen molar-refractivity contribution in [2.75, 3.05) is 13.1 Å². The highest BCUT2D eigenvalue weighted by molar-refractivity contribution is 7.89. The van der Waals surface area contributed by atoms with Gasteiger partial charge in [-0.15, -0.1) is 12.4 Å². The Hall–Kier alpha value is -1.15. The third-order valence-electron chi connectivity index (χ3n) is 2.89. The Bertz CT molecular complexity index is 632. The number of benzene rings is 1. The molecule has 19 heavy (non-hydrogen) atoms.